The Hall–Kier alpha value is -4.68. The van der Waals surface area contributed by atoms with Crippen molar-refractivity contribution in [3.05, 3.63) is 77.1 Å². The quantitative estimate of drug-likeness (QED) is 0.644. The van der Waals surface area contributed by atoms with Gasteiger partial charge in [0.15, 0.2) is 5.41 Å². The molecule has 36 heavy (non-hydrogen) atoms. The highest BCUT2D eigenvalue weighted by molar-refractivity contribution is 6.01. The second kappa shape index (κ2) is 9.90. The smallest absolute Gasteiger partial charge is 0.410 e. The van der Waals surface area contributed by atoms with E-state index in [1.165, 1.54) is 30.2 Å². The summed E-state index contributed by atoms with van der Waals surface area (Å²) in [6.45, 7) is 0.152. The maximum atomic E-state index is 15.2. The predicted octanol–water partition coefficient (Wildman–Crippen LogP) is 4.32. The first kappa shape index (κ1) is 24.4. The van der Waals surface area contributed by atoms with Crippen LogP contribution < -0.4 is 4.74 Å². The second-order valence-electron chi connectivity index (χ2n) is 8.63. The van der Waals surface area contributed by atoms with Crippen LogP contribution in [-0.4, -0.2) is 36.9 Å². The molecule has 2 aromatic carbocycles. The number of benzene rings is 2. The number of fused-ring (bicyclic) bond motifs is 1. The van der Waals surface area contributed by atoms with E-state index in [4.69, 9.17) is 14.9 Å². The minimum absolute atomic E-state index is 0.00833. The number of carbonyl (C=O) groups excluding carboxylic acids is 1. The Morgan fingerprint density at radius 3 is 2.56 bits per heavy atom. The fourth-order valence-corrected chi connectivity index (χ4v) is 5.00. The van der Waals surface area contributed by atoms with E-state index in [2.05, 4.69) is 0 Å². The minimum Gasteiger partial charge on any atom is -0.497 e. The number of nitrogens with one attached hydrogen (secondary N) is 1. The standard InChI is InChI=1S/C27H22FN5O3/c1-35-18-7-8-23(28)20(11-18)24-22-13-33(26(34)36-14-17-5-3-2-4-6-17)10-9-19(22)21(12-29)25(32)27(24,15-30)16-31/h2-9,11,21-22,24,32H,10,13-14H2,1H3/t21-,22+,24-/m0/s1. The molecule has 1 aliphatic heterocycles. The summed E-state index contributed by atoms with van der Waals surface area (Å²) in [7, 11) is 1.41. The van der Waals surface area contributed by atoms with E-state index in [1.54, 1.807) is 6.08 Å². The average Bonchev–Trinajstić information content (AvgIpc) is 2.92. The molecule has 1 saturated carbocycles. The second-order valence-corrected chi connectivity index (χ2v) is 8.63. The number of nitriles is 3. The van der Waals surface area contributed by atoms with Crippen molar-refractivity contribution in [3.63, 3.8) is 0 Å². The lowest BCUT2D eigenvalue weighted by atomic mass is 9.54. The summed E-state index contributed by atoms with van der Waals surface area (Å²) in [5, 5.41) is 38.8. The number of nitrogens with zero attached hydrogens (tertiary/aromatic N) is 4. The van der Waals surface area contributed by atoms with Crippen molar-refractivity contribution in [2.45, 2.75) is 12.5 Å². The van der Waals surface area contributed by atoms with Crippen molar-refractivity contribution >= 4 is 11.8 Å². The van der Waals surface area contributed by atoms with Crippen LogP contribution in [0.2, 0.25) is 0 Å². The molecule has 1 aliphatic carbocycles. The number of ether oxygens (including phenoxy) is 2. The van der Waals surface area contributed by atoms with Crippen molar-refractivity contribution in [1.82, 2.24) is 4.90 Å². The fraction of sp³-hybridized carbons (Fsp3) is 0.296. The molecular formula is C27H22FN5O3. The van der Waals surface area contributed by atoms with Crippen LogP contribution in [0, 0.1) is 62.5 Å². The largest absolute Gasteiger partial charge is 0.497 e. The molecule has 1 N–H and O–H groups in total. The summed E-state index contributed by atoms with van der Waals surface area (Å²) in [4.78, 5) is 14.3. The third kappa shape index (κ3) is 4.04. The molecular weight excluding hydrogens is 461 g/mol. The molecule has 2 aliphatic rings. The SMILES string of the molecule is COc1ccc(F)c([C@H]2[C@@H]3CN(C(=O)OCc4ccccc4)CC=C3[C@H](C#N)C(=N)C2(C#N)C#N)c1. The highest BCUT2D eigenvalue weighted by atomic mass is 19.1. The molecule has 0 aromatic heterocycles. The first-order valence-electron chi connectivity index (χ1n) is 11.2. The van der Waals surface area contributed by atoms with Crippen LogP contribution in [0.1, 0.15) is 17.0 Å². The maximum Gasteiger partial charge on any atom is 0.410 e. The van der Waals surface area contributed by atoms with Crippen LogP contribution in [0.15, 0.2) is 60.2 Å². The summed E-state index contributed by atoms with van der Waals surface area (Å²) in [6.07, 6.45) is 1.03. The molecule has 0 spiro atoms. The molecule has 0 bridgehead atoms. The minimum atomic E-state index is -2.12. The number of amides is 1. The van der Waals surface area contributed by atoms with E-state index in [9.17, 15) is 20.6 Å². The van der Waals surface area contributed by atoms with E-state index in [-0.39, 0.29) is 25.3 Å². The Kier molecular flexibility index (Phi) is 6.72. The van der Waals surface area contributed by atoms with Gasteiger partial charge >= 0.3 is 6.09 Å². The van der Waals surface area contributed by atoms with E-state index < -0.39 is 40.8 Å². The highest BCUT2D eigenvalue weighted by Crippen LogP contribution is 2.54. The zero-order valence-corrected chi connectivity index (χ0v) is 19.4. The highest BCUT2D eigenvalue weighted by Gasteiger charge is 2.58. The Morgan fingerprint density at radius 1 is 1.19 bits per heavy atom. The van der Waals surface area contributed by atoms with Crippen LogP contribution >= 0.6 is 0 Å². The summed E-state index contributed by atoms with van der Waals surface area (Å²) < 4.78 is 25.9. The van der Waals surface area contributed by atoms with Crippen molar-refractivity contribution in [2.75, 3.05) is 20.2 Å². The van der Waals surface area contributed by atoms with Gasteiger partial charge in [-0.05, 0) is 34.9 Å². The van der Waals surface area contributed by atoms with Crippen LogP contribution in [0.3, 0.4) is 0 Å². The lowest BCUT2D eigenvalue weighted by Crippen LogP contribution is -2.53. The third-order valence-corrected chi connectivity index (χ3v) is 6.79. The monoisotopic (exact) mass is 483 g/mol. The van der Waals surface area contributed by atoms with Gasteiger partial charge in [0.05, 0.1) is 31.0 Å². The maximum absolute atomic E-state index is 15.2. The normalized spacial score (nSPS) is 22.2. The van der Waals surface area contributed by atoms with Gasteiger partial charge in [-0.25, -0.2) is 9.18 Å². The van der Waals surface area contributed by atoms with Gasteiger partial charge in [-0.3, -0.25) is 0 Å². The number of halogens is 1. The Balaban J connectivity index is 1.76. The molecule has 0 radical (unpaired) electrons. The average molecular weight is 484 g/mol. The molecule has 8 nitrogen and oxygen atoms in total. The number of hydrogen-bond donors (Lipinski definition) is 1. The summed E-state index contributed by atoms with van der Waals surface area (Å²) in [6, 6.07) is 19.0. The van der Waals surface area contributed by atoms with Gasteiger partial charge < -0.3 is 19.8 Å². The Bertz CT molecular complexity index is 1340. The summed E-state index contributed by atoms with van der Waals surface area (Å²) in [5.41, 5.74) is -1.21. The molecule has 9 heteroatoms. The fourth-order valence-electron chi connectivity index (χ4n) is 5.00. The lowest BCUT2D eigenvalue weighted by Gasteiger charge is -2.47. The van der Waals surface area contributed by atoms with E-state index in [0.29, 0.717) is 11.3 Å². The van der Waals surface area contributed by atoms with Crippen molar-refractivity contribution in [3.8, 4) is 24.0 Å². The predicted molar refractivity (Wildman–Crippen MR) is 126 cm³/mol. The zero-order valence-electron chi connectivity index (χ0n) is 19.4. The van der Waals surface area contributed by atoms with Gasteiger partial charge in [-0.1, -0.05) is 36.4 Å². The van der Waals surface area contributed by atoms with Gasteiger partial charge in [0.1, 0.15) is 24.1 Å². The zero-order chi connectivity index (χ0) is 25.9. The first-order valence-corrected chi connectivity index (χ1v) is 11.2. The van der Waals surface area contributed by atoms with Gasteiger partial charge in [-0.2, -0.15) is 15.8 Å². The van der Waals surface area contributed by atoms with Gasteiger partial charge in [0, 0.05) is 24.9 Å². The summed E-state index contributed by atoms with van der Waals surface area (Å²) >= 11 is 0. The topological polar surface area (TPSA) is 134 Å². The molecule has 2 aromatic rings. The number of carbonyl (C=O) groups is 1. The van der Waals surface area contributed by atoms with Crippen LogP contribution in [0.25, 0.3) is 0 Å². The van der Waals surface area contributed by atoms with Crippen molar-refractivity contribution < 1.29 is 18.7 Å². The number of hydrogen-bond acceptors (Lipinski definition) is 7. The molecule has 3 atom stereocenters. The van der Waals surface area contributed by atoms with Gasteiger partial charge in [0.2, 0.25) is 0 Å². The molecule has 1 fully saturated rings. The number of rotatable bonds is 4. The van der Waals surface area contributed by atoms with Crippen LogP contribution in [0.4, 0.5) is 9.18 Å². The molecule has 180 valence electrons. The molecule has 1 heterocycles. The van der Waals surface area contributed by atoms with Crippen LogP contribution in [0.5, 0.6) is 5.75 Å². The first-order chi connectivity index (χ1) is 17.4. The van der Waals surface area contributed by atoms with Crippen LogP contribution in [-0.2, 0) is 11.3 Å². The Morgan fingerprint density at radius 2 is 1.92 bits per heavy atom. The number of methoxy groups -OCH3 is 1. The summed E-state index contributed by atoms with van der Waals surface area (Å²) in [5.74, 6) is -3.44. The van der Waals surface area contributed by atoms with E-state index >= 15 is 4.39 Å². The third-order valence-electron chi connectivity index (χ3n) is 6.79. The van der Waals surface area contributed by atoms with E-state index in [0.717, 1.165) is 5.56 Å². The molecule has 4 rings (SSSR count). The molecule has 0 unspecified atom stereocenters. The van der Waals surface area contributed by atoms with Gasteiger partial charge in [-0.15, -0.1) is 0 Å². The lowest BCUT2D eigenvalue weighted by molar-refractivity contribution is 0.0891. The van der Waals surface area contributed by atoms with Crippen molar-refractivity contribution in [2.24, 2.45) is 17.3 Å². The van der Waals surface area contributed by atoms with E-state index in [1.807, 2.05) is 48.5 Å². The molecule has 1 amide bonds. The molecule has 0 saturated heterocycles. The Labute approximate surface area is 207 Å². The van der Waals surface area contributed by atoms with Crippen molar-refractivity contribution in [1.29, 1.82) is 21.2 Å². The van der Waals surface area contributed by atoms with Gasteiger partial charge in [0.25, 0.3) is 0 Å².